The summed E-state index contributed by atoms with van der Waals surface area (Å²) in [4.78, 5) is 12.7. The van der Waals surface area contributed by atoms with Gasteiger partial charge >= 0.3 is 6.03 Å². The molecule has 5 nitrogen and oxygen atoms in total. The second kappa shape index (κ2) is 8.28. The molecule has 7 heteroatoms. The Morgan fingerprint density at radius 3 is 2.27 bits per heavy atom. The molecule has 1 fully saturated rings. The zero-order chi connectivity index (χ0) is 21.1. The number of anilines is 2. The topological polar surface area (TPSA) is 75.3 Å². The summed E-state index contributed by atoms with van der Waals surface area (Å²) in [5, 5.41) is 5.15. The Morgan fingerprint density at radius 1 is 0.900 bits per heavy atom. The van der Waals surface area contributed by atoms with Crippen LogP contribution in [0, 0.1) is 11.7 Å². The molecule has 1 aliphatic rings. The third-order valence-electron chi connectivity index (χ3n) is 4.96. The number of carbonyl (C=O) groups is 1. The van der Waals surface area contributed by atoms with Crippen LogP contribution in [-0.4, -0.2) is 20.2 Å². The molecule has 0 heterocycles. The number of para-hydroxylation sites is 1. The van der Waals surface area contributed by atoms with Crippen LogP contribution in [-0.2, 0) is 9.84 Å². The number of halogens is 1. The summed E-state index contributed by atoms with van der Waals surface area (Å²) < 4.78 is 39.3. The van der Waals surface area contributed by atoms with Crippen molar-refractivity contribution < 1.29 is 17.6 Å². The lowest BCUT2D eigenvalue weighted by atomic mass is 10.0. The highest BCUT2D eigenvalue weighted by Gasteiger charge is 2.29. The van der Waals surface area contributed by atoms with Crippen molar-refractivity contribution in [3.8, 4) is 11.1 Å². The Balaban J connectivity index is 1.66. The van der Waals surface area contributed by atoms with Crippen LogP contribution in [0.15, 0.2) is 77.7 Å². The second-order valence-corrected chi connectivity index (χ2v) is 9.39. The normalized spacial score (nSPS) is 13.6. The van der Waals surface area contributed by atoms with Crippen molar-refractivity contribution in [2.24, 2.45) is 5.92 Å². The molecular weight excluding hydrogens is 403 g/mol. The third-order valence-corrected chi connectivity index (χ3v) is 6.84. The van der Waals surface area contributed by atoms with Gasteiger partial charge in [-0.2, -0.15) is 0 Å². The van der Waals surface area contributed by atoms with Crippen LogP contribution in [0.2, 0.25) is 0 Å². The first kappa shape index (κ1) is 20.1. The van der Waals surface area contributed by atoms with Crippen molar-refractivity contribution in [2.75, 3.05) is 16.4 Å². The van der Waals surface area contributed by atoms with Crippen molar-refractivity contribution in [3.63, 3.8) is 0 Å². The molecule has 4 rings (SSSR count). The molecule has 0 radical (unpaired) electrons. The minimum Gasteiger partial charge on any atom is -0.307 e. The first-order chi connectivity index (χ1) is 14.4. The van der Waals surface area contributed by atoms with Gasteiger partial charge in [0.1, 0.15) is 5.82 Å². The van der Waals surface area contributed by atoms with Gasteiger partial charge in [-0.25, -0.2) is 17.6 Å². The number of hydrogen-bond donors (Lipinski definition) is 2. The van der Waals surface area contributed by atoms with E-state index in [4.69, 9.17) is 0 Å². The van der Waals surface area contributed by atoms with Crippen molar-refractivity contribution in [1.29, 1.82) is 0 Å². The number of hydrogen-bond acceptors (Lipinski definition) is 3. The van der Waals surface area contributed by atoms with Crippen molar-refractivity contribution in [2.45, 2.75) is 17.7 Å². The minimum absolute atomic E-state index is 0.0359. The first-order valence-corrected chi connectivity index (χ1v) is 11.3. The van der Waals surface area contributed by atoms with Gasteiger partial charge in [0.2, 0.25) is 0 Å². The van der Waals surface area contributed by atoms with E-state index < -0.39 is 21.7 Å². The van der Waals surface area contributed by atoms with E-state index in [1.54, 1.807) is 18.2 Å². The molecule has 1 saturated carbocycles. The number of nitrogens with one attached hydrogen (secondary N) is 2. The lowest BCUT2D eigenvalue weighted by Gasteiger charge is -2.15. The highest BCUT2D eigenvalue weighted by molar-refractivity contribution is 7.91. The molecule has 0 bridgehead atoms. The van der Waals surface area contributed by atoms with Crippen molar-refractivity contribution in [1.82, 2.24) is 0 Å². The van der Waals surface area contributed by atoms with E-state index in [2.05, 4.69) is 10.6 Å². The molecule has 0 aromatic heterocycles. The Labute approximate surface area is 174 Å². The summed E-state index contributed by atoms with van der Waals surface area (Å²) in [6.07, 6.45) is 1.86. The van der Waals surface area contributed by atoms with Crippen molar-refractivity contribution >= 4 is 27.2 Å². The van der Waals surface area contributed by atoms with Gasteiger partial charge in [-0.05, 0) is 48.6 Å². The first-order valence-electron chi connectivity index (χ1n) is 9.67. The van der Waals surface area contributed by atoms with E-state index in [0.29, 0.717) is 11.3 Å². The number of benzene rings is 3. The fraction of sp³-hybridized carbons (Fsp3) is 0.174. The summed E-state index contributed by atoms with van der Waals surface area (Å²) in [7, 11) is -3.45. The number of carbonyl (C=O) groups excluding carboxylic acids is 1. The molecule has 2 N–H and O–H groups in total. The lowest BCUT2D eigenvalue weighted by molar-refractivity contribution is 0.262. The van der Waals surface area contributed by atoms with E-state index in [9.17, 15) is 17.6 Å². The summed E-state index contributed by atoms with van der Waals surface area (Å²) in [6, 6.07) is 19.2. The number of rotatable bonds is 6. The van der Waals surface area contributed by atoms with Crippen LogP contribution in [0.5, 0.6) is 0 Å². The molecular formula is C23H21FN2O3S. The van der Waals surface area contributed by atoms with Gasteiger partial charge in [-0.3, -0.25) is 0 Å². The van der Waals surface area contributed by atoms with Crippen LogP contribution in [0.4, 0.5) is 20.6 Å². The van der Waals surface area contributed by atoms with Crippen LogP contribution in [0.25, 0.3) is 11.1 Å². The van der Waals surface area contributed by atoms with E-state index in [-0.39, 0.29) is 22.3 Å². The van der Waals surface area contributed by atoms with E-state index >= 15 is 0 Å². The summed E-state index contributed by atoms with van der Waals surface area (Å²) in [5.74, 6) is -0.236. The monoisotopic (exact) mass is 424 g/mol. The zero-order valence-electron chi connectivity index (χ0n) is 16.1. The number of sulfone groups is 1. The quantitative estimate of drug-likeness (QED) is 0.562. The average molecular weight is 424 g/mol. The van der Waals surface area contributed by atoms with Gasteiger partial charge in [0.15, 0.2) is 9.84 Å². The van der Waals surface area contributed by atoms with Gasteiger partial charge < -0.3 is 10.6 Å². The molecule has 0 unspecified atom stereocenters. The Hall–Kier alpha value is -3.19. The summed E-state index contributed by atoms with van der Waals surface area (Å²) >= 11 is 0. The maximum atomic E-state index is 13.9. The molecule has 0 spiro atoms. The summed E-state index contributed by atoms with van der Waals surface area (Å²) in [6.45, 7) is 0. The van der Waals surface area contributed by atoms with E-state index in [1.165, 1.54) is 24.3 Å². The average Bonchev–Trinajstić information content (AvgIpc) is 3.53. The molecule has 0 aliphatic heterocycles. The molecule has 154 valence electrons. The standard InChI is InChI=1S/C23H21FN2O3S/c24-20-8-4-5-9-21(20)25-23(27)26-22-14-18(30(28,29)15-16-10-11-16)12-13-19(22)17-6-2-1-3-7-17/h1-9,12-14,16H,10-11,15H2,(H2,25,26,27). The Morgan fingerprint density at radius 2 is 1.57 bits per heavy atom. The highest BCUT2D eigenvalue weighted by atomic mass is 32.2. The van der Waals surface area contributed by atoms with E-state index in [1.807, 2.05) is 30.3 Å². The Kier molecular flexibility index (Phi) is 5.55. The fourth-order valence-electron chi connectivity index (χ4n) is 3.22. The minimum atomic E-state index is -3.45. The largest absolute Gasteiger partial charge is 0.323 e. The zero-order valence-corrected chi connectivity index (χ0v) is 17.0. The van der Waals surface area contributed by atoms with Crippen LogP contribution >= 0.6 is 0 Å². The van der Waals surface area contributed by atoms with Crippen molar-refractivity contribution in [3.05, 3.63) is 78.6 Å². The molecule has 0 saturated heterocycles. The maximum Gasteiger partial charge on any atom is 0.323 e. The molecule has 30 heavy (non-hydrogen) atoms. The smallest absolute Gasteiger partial charge is 0.307 e. The molecule has 3 aromatic rings. The fourth-order valence-corrected chi connectivity index (χ4v) is 4.94. The van der Waals surface area contributed by atoms with E-state index in [0.717, 1.165) is 18.4 Å². The highest BCUT2D eigenvalue weighted by Crippen LogP contribution is 2.35. The van der Waals surface area contributed by atoms with Crippen LogP contribution in [0.1, 0.15) is 12.8 Å². The number of urea groups is 1. The SMILES string of the molecule is O=C(Nc1ccccc1F)Nc1cc(S(=O)(=O)CC2CC2)ccc1-c1ccccc1. The van der Waals surface area contributed by atoms with Gasteiger partial charge in [-0.1, -0.05) is 48.5 Å². The predicted octanol–water partition coefficient (Wildman–Crippen LogP) is 5.32. The molecule has 0 atom stereocenters. The van der Waals surface area contributed by atoms with Crippen LogP contribution in [0.3, 0.4) is 0 Å². The lowest BCUT2D eigenvalue weighted by Crippen LogP contribution is -2.21. The number of amides is 2. The van der Waals surface area contributed by atoms with Gasteiger partial charge in [0.25, 0.3) is 0 Å². The Bertz CT molecular complexity index is 1180. The van der Waals surface area contributed by atoms with Gasteiger partial charge in [0, 0.05) is 5.56 Å². The molecule has 3 aromatic carbocycles. The van der Waals surface area contributed by atoms with Gasteiger partial charge in [0.05, 0.1) is 22.0 Å². The van der Waals surface area contributed by atoms with Gasteiger partial charge in [-0.15, -0.1) is 0 Å². The summed E-state index contributed by atoms with van der Waals surface area (Å²) in [5.41, 5.74) is 1.87. The molecule has 2 amide bonds. The second-order valence-electron chi connectivity index (χ2n) is 7.36. The predicted molar refractivity (Wildman–Crippen MR) is 116 cm³/mol. The third kappa shape index (κ3) is 4.68. The molecule has 1 aliphatic carbocycles. The van der Waals surface area contributed by atoms with Crippen LogP contribution < -0.4 is 10.6 Å². The maximum absolute atomic E-state index is 13.9.